The standard InChI is InChI=1S/C33H26Cl2P.BF4/c34-28-21-16-26(17-22-28)18-25-33(27-19-23-29(35)24-20-27)36(30-10-4-1-5-11-30,31-12-6-2-7-13-31)32-14-8-3-9-15-32;2-1(3,4)5/h1-25,33H;/q+1;-1/b25-18+;. The molecule has 0 bridgehead atoms. The topological polar surface area (TPSA) is 0 Å². The Morgan fingerprint density at radius 1 is 0.512 bits per heavy atom. The molecule has 0 fully saturated rings. The first-order valence-electron chi connectivity index (χ1n) is 12.8. The molecular formula is C33H26BCl2F4P. The van der Waals surface area contributed by atoms with Crippen LogP contribution in [0.4, 0.5) is 17.3 Å². The summed E-state index contributed by atoms with van der Waals surface area (Å²) in [5, 5.41) is 5.48. The van der Waals surface area contributed by atoms with E-state index in [0.717, 1.165) is 15.6 Å². The van der Waals surface area contributed by atoms with Crippen LogP contribution in [0.15, 0.2) is 146 Å². The van der Waals surface area contributed by atoms with Crippen molar-refractivity contribution in [3.8, 4) is 0 Å². The third kappa shape index (κ3) is 8.11. The molecule has 1 unspecified atom stereocenters. The van der Waals surface area contributed by atoms with Crippen LogP contribution in [0.3, 0.4) is 0 Å². The molecule has 0 aromatic heterocycles. The lowest BCUT2D eigenvalue weighted by atomic mass is 10.1. The van der Waals surface area contributed by atoms with E-state index < -0.39 is 14.5 Å². The number of benzene rings is 5. The molecule has 0 aliphatic carbocycles. The van der Waals surface area contributed by atoms with Crippen LogP contribution >= 0.6 is 30.5 Å². The molecule has 0 radical (unpaired) electrons. The summed E-state index contributed by atoms with van der Waals surface area (Å²) < 4.78 is 39.0. The van der Waals surface area contributed by atoms with Crippen molar-refractivity contribution in [3.63, 3.8) is 0 Å². The monoisotopic (exact) mass is 610 g/mol. The van der Waals surface area contributed by atoms with Gasteiger partial charge in [0.25, 0.3) is 0 Å². The van der Waals surface area contributed by atoms with E-state index >= 15 is 0 Å². The lowest BCUT2D eigenvalue weighted by Gasteiger charge is -2.33. The summed E-state index contributed by atoms with van der Waals surface area (Å²) >= 11 is 12.5. The molecule has 0 heterocycles. The van der Waals surface area contributed by atoms with Crippen LogP contribution < -0.4 is 15.9 Å². The number of hydrogen-bond acceptors (Lipinski definition) is 0. The smallest absolute Gasteiger partial charge is 0.418 e. The van der Waals surface area contributed by atoms with Gasteiger partial charge in [0.05, 0.1) is 0 Å². The average molecular weight is 611 g/mol. The van der Waals surface area contributed by atoms with Crippen molar-refractivity contribution < 1.29 is 17.3 Å². The first-order chi connectivity index (χ1) is 19.7. The fraction of sp³-hybridized carbons (Fsp3) is 0.0303. The van der Waals surface area contributed by atoms with Crippen molar-refractivity contribution in [2.75, 3.05) is 0 Å². The summed E-state index contributed by atoms with van der Waals surface area (Å²) in [6.45, 7) is 0. The van der Waals surface area contributed by atoms with Crippen LogP contribution in [-0.2, 0) is 0 Å². The molecule has 0 N–H and O–H groups in total. The van der Waals surface area contributed by atoms with Gasteiger partial charge in [0.15, 0.2) is 0 Å². The Bertz CT molecular complexity index is 1430. The zero-order valence-electron chi connectivity index (χ0n) is 21.8. The van der Waals surface area contributed by atoms with Gasteiger partial charge in [-0.1, -0.05) is 108 Å². The second-order valence-electron chi connectivity index (χ2n) is 9.13. The Morgan fingerprint density at radius 2 is 0.854 bits per heavy atom. The highest BCUT2D eigenvalue weighted by Crippen LogP contribution is 2.67. The Hall–Kier alpha value is -3.37. The molecule has 8 heteroatoms. The van der Waals surface area contributed by atoms with Gasteiger partial charge in [-0.25, -0.2) is 0 Å². The molecule has 0 spiro atoms. The first-order valence-corrected chi connectivity index (χ1v) is 15.4. The van der Waals surface area contributed by atoms with E-state index in [1.807, 2.05) is 24.3 Å². The fourth-order valence-corrected chi connectivity index (χ4v) is 9.82. The van der Waals surface area contributed by atoms with Crippen molar-refractivity contribution in [1.29, 1.82) is 0 Å². The van der Waals surface area contributed by atoms with Gasteiger partial charge >= 0.3 is 7.25 Å². The van der Waals surface area contributed by atoms with Crippen molar-refractivity contribution >= 4 is 59.7 Å². The second kappa shape index (κ2) is 14.0. The Labute approximate surface area is 248 Å². The molecule has 0 saturated carbocycles. The quantitative estimate of drug-likeness (QED) is 0.0977. The lowest BCUT2D eigenvalue weighted by molar-refractivity contribution is 0.368. The van der Waals surface area contributed by atoms with Gasteiger partial charge in [-0.3, -0.25) is 0 Å². The Balaban J connectivity index is 0.000000714. The Kier molecular flexibility index (Phi) is 10.4. The highest BCUT2D eigenvalue weighted by Gasteiger charge is 2.52. The molecule has 0 amide bonds. The summed E-state index contributed by atoms with van der Waals surface area (Å²) in [7, 11) is -8.20. The highest BCUT2D eigenvalue weighted by atomic mass is 35.5. The van der Waals surface area contributed by atoms with Crippen molar-refractivity contribution in [2.24, 2.45) is 0 Å². The van der Waals surface area contributed by atoms with Crippen LogP contribution in [0.1, 0.15) is 16.8 Å². The molecule has 41 heavy (non-hydrogen) atoms. The van der Waals surface area contributed by atoms with Crippen LogP contribution in [-0.4, -0.2) is 7.25 Å². The lowest BCUT2D eigenvalue weighted by Crippen LogP contribution is -2.34. The average Bonchev–Trinajstić information content (AvgIpc) is 2.97. The van der Waals surface area contributed by atoms with E-state index in [1.165, 1.54) is 21.5 Å². The molecular weight excluding hydrogens is 585 g/mol. The first kappa shape index (κ1) is 30.6. The maximum absolute atomic E-state index is 9.75. The maximum Gasteiger partial charge on any atom is 0.673 e. The zero-order chi connectivity index (χ0) is 29.3. The Morgan fingerprint density at radius 3 is 1.22 bits per heavy atom. The van der Waals surface area contributed by atoms with E-state index in [9.17, 15) is 17.3 Å². The molecule has 5 aromatic rings. The summed E-state index contributed by atoms with van der Waals surface area (Å²) in [4.78, 5) is 0. The van der Waals surface area contributed by atoms with Gasteiger partial charge in [-0.05, 0) is 77.9 Å². The summed E-state index contributed by atoms with van der Waals surface area (Å²) in [6.07, 6.45) is 4.59. The van der Waals surface area contributed by atoms with Crippen molar-refractivity contribution in [2.45, 2.75) is 5.66 Å². The van der Waals surface area contributed by atoms with E-state index in [1.54, 1.807) is 0 Å². The van der Waals surface area contributed by atoms with E-state index in [4.69, 9.17) is 23.2 Å². The zero-order valence-corrected chi connectivity index (χ0v) is 24.2. The summed E-state index contributed by atoms with van der Waals surface area (Å²) in [6, 6.07) is 49.2. The SMILES string of the molecule is Clc1ccc(/C=C/C(c2ccc(Cl)cc2)[P+](c2ccccc2)(c2ccccc2)c2ccccc2)cc1.F[B-](F)(F)F. The molecule has 5 aromatic carbocycles. The molecule has 5 rings (SSSR count). The largest absolute Gasteiger partial charge is 0.673 e. The van der Waals surface area contributed by atoms with Crippen molar-refractivity contribution in [3.05, 3.63) is 167 Å². The minimum atomic E-state index is -6.00. The predicted molar refractivity (Wildman–Crippen MR) is 170 cm³/mol. The fourth-order valence-electron chi connectivity index (χ4n) is 4.82. The van der Waals surface area contributed by atoms with Gasteiger partial charge in [0, 0.05) is 10.0 Å². The predicted octanol–water partition coefficient (Wildman–Crippen LogP) is 10.0. The van der Waals surface area contributed by atoms with E-state index in [0.29, 0.717) is 0 Å². The molecule has 0 aliphatic heterocycles. The summed E-state index contributed by atoms with van der Waals surface area (Å²) in [5.74, 6) is 0. The van der Waals surface area contributed by atoms with E-state index in [2.05, 4.69) is 127 Å². The van der Waals surface area contributed by atoms with Crippen LogP contribution in [0.2, 0.25) is 10.0 Å². The minimum Gasteiger partial charge on any atom is -0.418 e. The number of halogens is 6. The molecule has 0 aliphatic rings. The second-order valence-corrected chi connectivity index (χ2v) is 13.6. The minimum absolute atomic E-state index is 0.0812. The van der Waals surface area contributed by atoms with Crippen LogP contribution in [0, 0.1) is 0 Å². The van der Waals surface area contributed by atoms with Gasteiger partial charge in [0.1, 0.15) is 28.8 Å². The third-order valence-corrected chi connectivity index (χ3v) is 11.6. The van der Waals surface area contributed by atoms with Gasteiger partial charge in [-0.15, -0.1) is 0 Å². The van der Waals surface area contributed by atoms with Gasteiger partial charge < -0.3 is 17.3 Å². The highest BCUT2D eigenvalue weighted by molar-refractivity contribution is 7.96. The van der Waals surface area contributed by atoms with Crippen LogP contribution in [0.5, 0.6) is 0 Å². The molecule has 1 atom stereocenters. The van der Waals surface area contributed by atoms with Crippen LogP contribution in [0.25, 0.3) is 6.08 Å². The number of hydrogen-bond donors (Lipinski definition) is 0. The normalized spacial score (nSPS) is 12.4. The van der Waals surface area contributed by atoms with Gasteiger partial charge in [-0.2, -0.15) is 0 Å². The number of allylic oxidation sites excluding steroid dienone is 1. The van der Waals surface area contributed by atoms with Gasteiger partial charge in [0.2, 0.25) is 0 Å². The molecule has 208 valence electrons. The number of rotatable bonds is 7. The van der Waals surface area contributed by atoms with Crippen molar-refractivity contribution in [1.82, 2.24) is 0 Å². The maximum atomic E-state index is 9.75. The third-order valence-electron chi connectivity index (χ3n) is 6.46. The molecule has 0 saturated heterocycles. The molecule has 0 nitrogen and oxygen atoms in total. The van der Waals surface area contributed by atoms with E-state index in [-0.39, 0.29) is 5.66 Å². The summed E-state index contributed by atoms with van der Waals surface area (Å²) in [5.41, 5.74) is 2.43.